The molecule has 3 rings (SSSR count). The van der Waals surface area contributed by atoms with Crippen LogP contribution < -0.4 is 4.57 Å². The lowest BCUT2D eigenvalue weighted by Gasteiger charge is -2.44. The molecule has 0 bridgehead atoms. The Labute approximate surface area is 124 Å². The molecule has 2 heterocycles. The number of pyridine rings is 1. The molecule has 3 heteroatoms. The van der Waals surface area contributed by atoms with E-state index >= 15 is 0 Å². The Bertz CT molecular complexity index is 721. The van der Waals surface area contributed by atoms with E-state index in [1.54, 1.807) is 0 Å². The summed E-state index contributed by atoms with van der Waals surface area (Å²) in [7, 11) is 0. The second kappa shape index (κ2) is 4.36. The molecule has 0 spiro atoms. The van der Waals surface area contributed by atoms with Crippen LogP contribution >= 0.6 is 0 Å². The summed E-state index contributed by atoms with van der Waals surface area (Å²) in [4.78, 5) is 0. The van der Waals surface area contributed by atoms with Crippen molar-refractivity contribution in [2.75, 3.05) is 0 Å². The Morgan fingerprint density at radius 1 is 1.10 bits per heavy atom. The molecule has 2 aromatic rings. The van der Waals surface area contributed by atoms with E-state index in [9.17, 15) is 8.78 Å². The highest BCUT2D eigenvalue weighted by Crippen LogP contribution is 2.47. The van der Waals surface area contributed by atoms with E-state index in [1.165, 1.54) is 6.07 Å². The molecule has 1 aromatic carbocycles. The van der Waals surface area contributed by atoms with Gasteiger partial charge >= 0.3 is 0 Å². The second-order valence-corrected chi connectivity index (χ2v) is 6.52. The lowest BCUT2D eigenvalue weighted by molar-refractivity contribution is -0.764. The van der Waals surface area contributed by atoms with Crippen LogP contribution in [0.25, 0.3) is 11.3 Å². The zero-order valence-corrected chi connectivity index (χ0v) is 12.9. The minimum absolute atomic E-state index is 0.239. The predicted octanol–water partition coefficient (Wildman–Crippen LogP) is 4.34. The Kier molecular flexibility index (Phi) is 2.94. The smallest absolute Gasteiger partial charge is 0.207 e. The first kappa shape index (κ1) is 14.2. The van der Waals surface area contributed by atoms with Crippen molar-refractivity contribution >= 4 is 0 Å². The zero-order chi connectivity index (χ0) is 15.4. The van der Waals surface area contributed by atoms with E-state index in [1.807, 2.05) is 24.4 Å². The molecule has 110 valence electrons. The maximum absolute atomic E-state index is 14.5. The molecule has 1 aliphatic rings. The highest BCUT2D eigenvalue weighted by atomic mass is 19.1. The van der Waals surface area contributed by atoms with Gasteiger partial charge in [0, 0.05) is 31.5 Å². The fourth-order valence-electron chi connectivity index (χ4n) is 3.61. The van der Waals surface area contributed by atoms with Crippen molar-refractivity contribution in [2.45, 2.75) is 45.1 Å². The molecular weight excluding hydrogens is 268 g/mol. The summed E-state index contributed by atoms with van der Waals surface area (Å²) in [5.74, 6) is -1.00. The van der Waals surface area contributed by atoms with E-state index in [4.69, 9.17) is 0 Å². The van der Waals surface area contributed by atoms with Crippen molar-refractivity contribution in [2.24, 2.45) is 0 Å². The minimum atomic E-state index is -0.512. The van der Waals surface area contributed by atoms with Gasteiger partial charge in [-0.05, 0) is 31.5 Å². The van der Waals surface area contributed by atoms with Gasteiger partial charge < -0.3 is 0 Å². The van der Waals surface area contributed by atoms with Gasteiger partial charge in [0.1, 0.15) is 11.6 Å². The van der Waals surface area contributed by atoms with Gasteiger partial charge in [0.2, 0.25) is 5.69 Å². The fraction of sp³-hybridized carbons (Fsp3) is 0.389. The monoisotopic (exact) mass is 288 g/mol. The number of rotatable bonds is 1. The average Bonchev–Trinajstić information content (AvgIpc) is 2.44. The molecule has 0 saturated heterocycles. The van der Waals surface area contributed by atoms with Crippen LogP contribution in [-0.2, 0) is 11.0 Å². The fourth-order valence-corrected chi connectivity index (χ4v) is 3.61. The Morgan fingerprint density at radius 2 is 1.81 bits per heavy atom. The Hall–Kier alpha value is -1.77. The molecule has 1 unspecified atom stereocenters. The molecule has 0 radical (unpaired) electrons. The van der Waals surface area contributed by atoms with Crippen molar-refractivity contribution in [3.05, 3.63) is 53.7 Å². The molecule has 0 aliphatic carbocycles. The van der Waals surface area contributed by atoms with E-state index in [0.29, 0.717) is 5.56 Å². The molecule has 0 saturated carbocycles. The number of nitrogens with zero attached hydrogens (tertiary/aromatic N) is 1. The van der Waals surface area contributed by atoms with Gasteiger partial charge in [-0.15, -0.1) is 0 Å². The Morgan fingerprint density at radius 3 is 2.48 bits per heavy atom. The van der Waals surface area contributed by atoms with Crippen LogP contribution in [0, 0.1) is 11.6 Å². The molecular formula is C18H20F2N+. The number of fused-ring (bicyclic) bond motifs is 3. The first-order valence-corrected chi connectivity index (χ1v) is 7.34. The number of aromatic nitrogens is 1. The summed E-state index contributed by atoms with van der Waals surface area (Å²) in [5, 5.41) is 0. The zero-order valence-electron chi connectivity index (χ0n) is 12.9. The predicted molar refractivity (Wildman–Crippen MR) is 79.0 cm³/mol. The van der Waals surface area contributed by atoms with Crippen molar-refractivity contribution in [1.29, 1.82) is 0 Å². The van der Waals surface area contributed by atoms with Crippen LogP contribution in [0.4, 0.5) is 8.78 Å². The highest BCUT2D eigenvalue weighted by molar-refractivity contribution is 5.66. The number of benzene rings is 1. The summed E-state index contributed by atoms with van der Waals surface area (Å²) >= 11 is 0. The van der Waals surface area contributed by atoms with Crippen LogP contribution in [0.1, 0.15) is 39.7 Å². The average molecular weight is 288 g/mol. The molecule has 1 aliphatic heterocycles. The van der Waals surface area contributed by atoms with Crippen molar-refractivity contribution in [3.8, 4) is 11.3 Å². The minimum Gasteiger partial charge on any atom is -0.207 e. The van der Waals surface area contributed by atoms with Crippen molar-refractivity contribution in [1.82, 2.24) is 0 Å². The molecule has 0 fully saturated rings. The van der Waals surface area contributed by atoms with Crippen LogP contribution in [0.5, 0.6) is 0 Å². The standard InChI is InChI=1S/C18H20F2N/c1-5-18(4)17(2,3)13-10-12(19)11-14(20)16(13)15-8-6-7-9-21(15)18/h6-11H,5H2,1-4H3/q+1. The third-order valence-corrected chi connectivity index (χ3v) is 5.41. The molecule has 1 atom stereocenters. The lowest BCUT2D eigenvalue weighted by atomic mass is 9.63. The quantitative estimate of drug-likeness (QED) is 0.687. The van der Waals surface area contributed by atoms with Gasteiger partial charge in [0.25, 0.3) is 0 Å². The molecule has 21 heavy (non-hydrogen) atoms. The maximum Gasteiger partial charge on any atom is 0.216 e. The van der Waals surface area contributed by atoms with Crippen LogP contribution in [-0.4, -0.2) is 0 Å². The van der Waals surface area contributed by atoms with Gasteiger partial charge in [-0.25, -0.2) is 8.78 Å². The normalized spacial score (nSPS) is 22.6. The van der Waals surface area contributed by atoms with Crippen LogP contribution in [0.2, 0.25) is 0 Å². The van der Waals surface area contributed by atoms with Gasteiger partial charge in [-0.2, -0.15) is 4.57 Å². The van der Waals surface area contributed by atoms with Gasteiger partial charge in [0.15, 0.2) is 11.7 Å². The maximum atomic E-state index is 14.5. The Balaban J connectivity index is 2.48. The summed E-state index contributed by atoms with van der Waals surface area (Å²) in [6.07, 6.45) is 2.87. The number of halogens is 2. The molecule has 0 amide bonds. The first-order chi connectivity index (χ1) is 9.83. The van der Waals surface area contributed by atoms with Crippen molar-refractivity contribution < 1.29 is 13.3 Å². The number of hydrogen-bond donors (Lipinski definition) is 0. The topological polar surface area (TPSA) is 3.88 Å². The number of hydrogen-bond acceptors (Lipinski definition) is 0. The second-order valence-electron chi connectivity index (χ2n) is 6.52. The van der Waals surface area contributed by atoms with E-state index in [-0.39, 0.29) is 11.0 Å². The van der Waals surface area contributed by atoms with Gasteiger partial charge in [-0.3, -0.25) is 0 Å². The third kappa shape index (κ3) is 1.69. The third-order valence-electron chi connectivity index (χ3n) is 5.41. The van der Waals surface area contributed by atoms with Crippen LogP contribution in [0.15, 0.2) is 36.5 Å². The first-order valence-electron chi connectivity index (χ1n) is 7.34. The highest BCUT2D eigenvalue weighted by Gasteiger charge is 2.55. The summed E-state index contributed by atoms with van der Waals surface area (Å²) < 4.78 is 30.4. The SMILES string of the molecule is CCC1(C)[n+]2ccccc2-c2c(F)cc(F)cc2C1(C)C. The molecule has 0 N–H and O–H groups in total. The lowest BCUT2D eigenvalue weighted by Crippen LogP contribution is -2.66. The molecule has 1 nitrogen and oxygen atoms in total. The summed E-state index contributed by atoms with van der Waals surface area (Å²) in [6, 6.07) is 8.22. The molecule has 1 aromatic heterocycles. The van der Waals surface area contributed by atoms with E-state index in [2.05, 4.69) is 32.3 Å². The van der Waals surface area contributed by atoms with Gasteiger partial charge in [-0.1, -0.05) is 6.92 Å². The van der Waals surface area contributed by atoms with Gasteiger partial charge in [0.05, 0.1) is 11.0 Å². The summed E-state index contributed by atoms with van der Waals surface area (Å²) in [6.45, 7) is 8.41. The van der Waals surface area contributed by atoms with Crippen LogP contribution in [0.3, 0.4) is 0 Å². The van der Waals surface area contributed by atoms with E-state index in [0.717, 1.165) is 23.7 Å². The van der Waals surface area contributed by atoms with E-state index < -0.39 is 11.6 Å². The summed E-state index contributed by atoms with van der Waals surface area (Å²) in [5.41, 5.74) is 1.47. The van der Waals surface area contributed by atoms with Crippen molar-refractivity contribution in [3.63, 3.8) is 0 Å². The largest absolute Gasteiger partial charge is 0.216 e.